The summed E-state index contributed by atoms with van der Waals surface area (Å²) in [5.41, 5.74) is 0. The number of nitrogens with zero attached hydrogens (tertiary/aromatic N) is 2. The number of nitrogens with two attached hydrogens (primary N) is 1. The molecule has 0 saturated carbocycles. The Hall–Kier alpha value is -0.620. The molecule has 0 aliphatic carbocycles. The lowest BCUT2D eigenvalue weighted by Gasteiger charge is -2.14. The number of hydrogen-bond acceptors (Lipinski definition) is 2. The van der Waals surface area contributed by atoms with Crippen molar-refractivity contribution in [2.75, 3.05) is 14.1 Å². The van der Waals surface area contributed by atoms with Gasteiger partial charge >= 0.3 is 10.2 Å². The molecule has 2 N–H and O–H groups in total. The zero-order chi connectivity index (χ0) is 11.2. The Balaban J connectivity index is 4.39. The minimum absolute atomic E-state index is 0.515. The zero-order valence-corrected chi connectivity index (χ0v) is 9.84. The van der Waals surface area contributed by atoms with Gasteiger partial charge in [-0.2, -0.15) is 8.42 Å². The van der Waals surface area contributed by atoms with Crippen LogP contribution in [0.3, 0.4) is 0 Å². The largest absolute Gasteiger partial charge is 0.365 e. The van der Waals surface area contributed by atoms with E-state index in [0.717, 1.165) is 19.3 Å². The van der Waals surface area contributed by atoms with E-state index in [-0.39, 0.29) is 0 Å². The van der Waals surface area contributed by atoms with Gasteiger partial charge in [-0.05, 0) is 6.42 Å². The fourth-order valence-corrected chi connectivity index (χ4v) is 1.58. The van der Waals surface area contributed by atoms with Crippen molar-refractivity contribution in [1.29, 1.82) is 0 Å². The molecular weight excluding hydrogens is 202 g/mol. The average Bonchev–Trinajstić information content (AvgIpc) is 2.00. The number of unbranched alkanes of at least 4 members (excludes halogenated alkanes) is 2. The van der Waals surface area contributed by atoms with Crippen molar-refractivity contribution in [1.82, 2.24) is 4.90 Å². The van der Waals surface area contributed by atoms with Crippen molar-refractivity contribution < 1.29 is 8.42 Å². The molecule has 0 aromatic carbocycles. The van der Waals surface area contributed by atoms with Gasteiger partial charge in [0.25, 0.3) is 0 Å². The molecule has 0 fully saturated rings. The topological polar surface area (TPSA) is 75.8 Å². The summed E-state index contributed by atoms with van der Waals surface area (Å²) in [7, 11) is -0.239. The summed E-state index contributed by atoms with van der Waals surface area (Å²) in [6.45, 7) is 2.09. The molecule has 0 heterocycles. The van der Waals surface area contributed by atoms with Crippen LogP contribution >= 0.6 is 0 Å². The van der Waals surface area contributed by atoms with Crippen molar-refractivity contribution in [3.05, 3.63) is 0 Å². The number of amidine groups is 1. The lowest BCUT2D eigenvalue weighted by atomic mass is 10.2. The molecule has 6 heteroatoms. The minimum atomic E-state index is -3.76. The molecular formula is C8H19N3O2S. The SMILES string of the molecule is CCCCC/C(=N/S(N)(=O)=O)N(C)C. The minimum Gasteiger partial charge on any atom is -0.365 e. The van der Waals surface area contributed by atoms with E-state index < -0.39 is 10.2 Å². The predicted molar refractivity (Wildman–Crippen MR) is 58.4 cm³/mol. The standard InChI is InChI=1S/C8H19N3O2S/c1-4-5-6-7-8(11(2)3)10-14(9,12)13/h4-7H2,1-3H3,(H2,9,12,13)/b10-8-. The first-order chi connectivity index (χ1) is 6.37. The van der Waals surface area contributed by atoms with Crippen LogP contribution in [-0.4, -0.2) is 33.2 Å². The average molecular weight is 221 g/mol. The third-order valence-electron chi connectivity index (χ3n) is 1.75. The van der Waals surface area contributed by atoms with Crippen molar-refractivity contribution in [2.45, 2.75) is 32.6 Å². The lowest BCUT2D eigenvalue weighted by Crippen LogP contribution is -2.25. The van der Waals surface area contributed by atoms with Gasteiger partial charge in [0, 0.05) is 20.5 Å². The maximum Gasteiger partial charge on any atom is 0.318 e. The van der Waals surface area contributed by atoms with Gasteiger partial charge in [0.2, 0.25) is 0 Å². The van der Waals surface area contributed by atoms with Crippen LogP contribution < -0.4 is 5.14 Å². The number of hydrogen-bond donors (Lipinski definition) is 1. The maximum absolute atomic E-state index is 10.7. The van der Waals surface area contributed by atoms with Gasteiger partial charge in [-0.25, -0.2) is 5.14 Å². The fourth-order valence-electron chi connectivity index (χ4n) is 1.03. The van der Waals surface area contributed by atoms with E-state index in [2.05, 4.69) is 11.3 Å². The van der Waals surface area contributed by atoms with Crippen molar-refractivity contribution in [2.24, 2.45) is 9.54 Å². The Morgan fingerprint density at radius 1 is 1.36 bits per heavy atom. The predicted octanol–water partition coefficient (Wildman–Crippen LogP) is 0.730. The van der Waals surface area contributed by atoms with Crippen LogP contribution in [0.15, 0.2) is 4.40 Å². The normalized spacial score (nSPS) is 13.0. The molecule has 0 spiro atoms. The fraction of sp³-hybridized carbons (Fsp3) is 0.875. The van der Waals surface area contributed by atoms with E-state index in [9.17, 15) is 8.42 Å². The monoisotopic (exact) mass is 221 g/mol. The molecule has 0 bridgehead atoms. The van der Waals surface area contributed by atoms with Gasteiger partial charge in [-0.3, -0.25) is 0 Å². The molecule has 0 unspecified atom stereocenters. The molecule has 84 valence electrons. The highest BCUT2D eigenvalue weighted by Gasteiger charge is 2.06. The summed E-state index contributed by atoms with van der Waals surface area (Å²) in [6.07, 6.45) is 3.74. The molecule has 0 saturated heterocycles. The van der Waals surface area contributed by atoms with Crippen molar-refractivity contribution in [3.8, 4) is 0 Å². The quantitative estimate of drug-likeness (QED) is 0.422. The summed E-state index contributed by atoms with van der Waals surface area (Å²) in [4.78, 5) is 1.68. The van der Waals surface area contributed by atoms with E-state index in [4.69, 9.17) is 5.14 Å². The summed E-state index contributed by atoms with van der Waals surface area (Å²) < 4.78 is 25.0. The molecule has 0 aromatic heterocycles. The third-order valence-corrected chi connectivity index (χ3v) is 2.22. The molecule has 0 aromatic rings. The smallest absolute Gasteiger partial charge is 0.318 e. The third kappa shape index (κ3) is 6.85. The second-order valence-corrected chi connectivity index (χ2v) is 4.59. The van der Waals surface area contributed by atoms with Crippen LogP contribution in [0.2, 0.25) is 0 Å². The lowest BCUT2D eigenvalue weighted by molar-refractivity contribution is 0.580. The summed E-state index contributed by atoms with van der Waals surface area (Å²) in [6, 6.07) is 0. The Morgan fingerprint density at radius 3 is 2.29 bits per heavy atom. The molecule has 0 atom stereocenters. The van der Waals surface area contributed by atoms with Gasteiger partial charge in [0.15, 0.2) is 0 Å². The summed E-state index contributed by atoms with van der Waals surface area (Å²) in [5, 5.41) is 4.84. The molecule has 0 amide bonds. The summed E-state index contributed by atoms with van der Waals surface area (Å²) in [5.74, 6) is 0.515. The van der Waals surface area contributed by atoms with Crippen LogP contribution in [0.1, 0.15) is 32.6 Å². The van der Waals surface area contributed by atoms with Crippen LogP contribution in [0.5, 0.6) is 0 Å². The Bertz CT molecular complexity index is 283. The Morgan fingerprint density at radius 2 is 1.93 bits per heavy atom. The van der Waals surface area contributed by atoms with Gasteiger partial charge < -0.3 is 4.90 Å². The van der Waals surface area contributed by atoms with E-state index in [0.29, 0.717) is 12.3 Å². The molecule has 5 nitrogen and oxygen atoms in total. The molecule has 0 aliphatic heterocycles. The maximum atomic E-state index is 10.7. The van der Waals surface area contributed by atoms with Gasteiger partial charge in [-0.15, -0.1) is 4.40 Å². The van der Waals surface area contributed by atoms with Crippen molar-refractivity contribution in [3.63, 3.8) is 0 Å². The molecule has 0 radical (unpaired) electrons. The second-order valence-electron chi connectivity index (χ2n) is 3.37. The number of rotatable bonds is 5. The van der Waals surface area contributed by atoms with Crippen LogP contribution in [0.4, 0.5) is 0 Å². The van der Waals surface area contributed by atoms with Gasteiger partial charge in [-0.1, -0.05) is 19.8 Å². The highest BCUT2D eigenvalue weighted by molar-refractivity contribution is 7.88. The summed E-state index contributed by atoms with van der Waals surface area (Å²) >= 11 is 0. The molecule has 14 heavy (non-hydrogen) atoms. The molecule has 0 aliphatic rings. The molecule has 0 rings (SSSR count). The van der Waals surface area contributed by atoms with Crippen LogP contribution in [0.25, 0.3) is 0 Å². The Labute approximate surface area is 86.2 Å². The van der Waals surface area contributed by atoms with E-state index in [1.54, 1.807) is 19.0 Å². The van der Waals surface area contributed by atoms with E-state index in [1.165, 1.54) is 0 Å². The Kier molecular flexibility index (Phi) is 5.71. The van der Waals surface area contributed by atoms with Gasteiger partial charge in [0.05, 0.1) is 0 Å². The first-order valence-corrected chi connectivity index (χ1v) is 6.16. The zero-order valence-electron chi connectivity index (χ0n) is 9.02. The van der Waals surface area contributed by atoms with E-state index >= 15 is 0 Å². The van der Waals surface area contributed by atoms with Crippen molar-refractivity contribution >= 4 is 16.0 Å². The first kappa shape index (κ1) is 13.4. The second kappa shape index (κ2) is 5.98. The highest BCUT2D eigenvalue weighted by Crippen LogP contribution is 2.03. The van der Waals surface area contributed by atoms with Gasteiger partial charge in [0.1, 0.15) is 5.84 Å². The van der Waals surface area contributed by atoms with E-state index in [1.807, 2.05) is 0 Å². The first-order valence-electron chi connectivity index (χ1n) is 4.65. The highest BCUT2D eigenvalue weighted by atomic mass is 32.2. The van der Waals surface area contributed by atoms with Crippen LogP contribution in [-0.2, 0) is 10.2 Å². The van der Waals surface area contributed by atoms with Crippen LogP contribution in [0, 0.1) is 0 Å².